The molecule has 0 aliphatic heterocycles. The Morgan fingerprint density at radius 2 is 1.73 bits per heavy atom. The highest BCUT2D eigenvalue weighted by molar-refractivity contribution is 4.76. The van der Waals surface area contributed by atoms with Crippen molar-refractivity contribution < 1.29 is 0 Å². The highest BCUT2D eigenvalue weighted by atomic mass is 14.6. The van der Waals surface area contributed by atoms with Crippen molar-refractivity contribution in [2.24, 2.45) is 17.1 Å². The average molecular weight is 213 g/mol. The maximum absolute atomic E-state index is 5.90. The molecule has 0 radical (unpaired) electrons. The van der Waals surface area contributed by atoms with Gasteiger partial charge in [-0.1, -0.05) is 53.4 Å². The molecule has 0 fully saturated rings. The van der Waals surface area contributed by atoms with E-state index in [1.165, 1.54) is 32.1 Å². The maximum atomic E-state index is 5.90. The molecule has 0 aliphatic rings. The molecular formula is C14H31N. The zero-order valence-corrected chi connectivity index (χ0v) is 11.5. The van der Waals surface area contributed by atoms with Gasteiger partial charge < -0.3 is 5.73 Å². The fraction of sp³-hybridized carbons (Fsp3) is 1.00. The van der Waals surface area contributed by atoms with E-state index in [1.807, 2.05) is 0 Å². The number of unbranched alkanes of at least 4 members (excludes halogenated alkanes) is 1. The third kappa shape index (κ3) is 7.84. The van der Waals surface area contributed by atoms with Gasteiger partial charge in [0.1, 0.15) is 0 Å². The Balaban J connectivity index is 4.02. The first-order valence-corrected chi connectivity index (χ1v) is 6.66. The van der Waals surface area contributed by atoms with Crippen LogP contribution in [0.3, 0.4) is 0 Å². The van der Waals surface area contributed by atoms with E-state index >= 15 is 0 Å². The molecule has 15 heavy (non-hydrogen) atoms. The monoisotopic (exact) mass is 213 g/mol. The van der Waals surface area contributed by atoms with Crippen LogP contribution >= 0.6 is 0 Å². The van der Waals surface area contributed by atoms with Crippen LogP contribution in [0.25, 0.3) is 0 Å². The van der Waals surface area contributed by atoms with Crippen LogP contribution in [0.15, 0.2) is 0 Å². The molecule has 0 aromatic carbocycles. The van der Waals surface area contributed by atoms with Crippen LogP contribution in [0.5, 0.6) is 0 Å². The summed E-state index contributed by atoms with van der Waals surface area (Å²) in [6.45, 7) is 11.5. The van der Waals surface area contributed by atoms with Crippen molar-refractivity contribution in [2.45, 2.75) is 79.2 Å². The van der Waals surface area contributed by atoms with Gasteiger partial charge in [-0.2, -0.15) is 0 Å². The van der Waals surface area contributed by atoms with E-state index in [-0.39, 0.29) is 0 Å². The highest BCUT2D eigenvalue weighted by Crippen LogP contribution is 2.33. The lowest BCUT2D eigenvalue weighted by atomic mass is 9.76. The molecule has 1 heteroatoms. The molecule has 92 valence electrons. The Bertz CT molecular complexity index is 149. The molecule has 0 bridgehead atoms. The van der Waals surface area contributed by atoms with Crippen LogP contribution in [0.2, 0.25) is 0 Å². The van der Waals surface area contributed by atoms with Crippen LogP contribution in [-0.2, 0) is 0 Å². The number of nitrogens with two attached hydrogens (primary N) is 1. The van der Waals surface area contributed by atoms with Crippen molar-refractivity contribution in [1.82, 2.24) is 0 Å². The van der Waals surface area contributed by atoms with Crippen LogP contribution < -0.4 is 5.73 Å². The summed E-state index contributed by atoms with van der Waals surface area (Å²) in [6.07, 6.45) is 7.91. The van der Waals surface area contributed by atoms with Gasteiger partial charge in [0.2, 0.25) is 0 Å². The normalized spacial score (nSPS) is 16.4. The standard InChI is InChI=1S/C14H31N/c1-6-8-9-13(7-2)11-14(4,5)10-12(3)15/h12-13H,6-11,15H2,1-5H3. The van der Waals surface area contributed by atoms with Crippen molar-refractivity contribution in [2.75, 3.05) is 0 Å². The van der Waals surface area contributed by atoms with E-state index in [9.17, 15) is 0 Å². The van der Waals surface area contributed by atoms with Gasteiger partial charge in [0.05, 0.1) is 0 Å². The number of hydrogen-bond donors (Lipinski definition) is 1. The second-order valence-corrected chi connectivity index (χ2v) is 5.97. The van der Waals surface area contributed by atoms with Gasteiger partial charge >= 0.3 is 0 Å². The smallest absolute Gasteiger partial charge is 0.00155 e. The summed E-state index contributed by atoms with van der Waals surface area (Å²) in [6, 6.07) is 0.337. The molecule has 1 nitrogen and oxygen atoms in total. The summed E-state index contributed by atoms with van der Waals surface area (Å²) >= 11 is 0. The Hall–Kier alpha value is -0.0400. The number of hydrogen-bond acceptors (Lipinski definition) is 1. The molecule has 0 aromatic heterocycles. The van der Waals surface area contributed by atoms with E-state index < -0.39 is 0 Å². The lowest BCUT2D eigenvalue weighted by Gasteiger charge is -2.31. The summed E-state index contributed by atoms with van der Waals surface area (Å²) in [5, 5.41) is 0. The Kier molecular flexibility index (Phi) is 7.25. The van der Waals surface area contributed by atoms with Crippen molar-refractivity contribution in [3.8, 4) is 0 Å². The number of rotatable bonds is 8. The summed E-state index contributed by atoms with van der Waals surface area (Å²) in [5.41, 5.74) is 6.32. The van der Waals surface area contributed by atoms with Gasteiger partial charge in [0, 0.05) is 6.04 Å². The summed E-state index contributed by atoms with van der Waals surface area (Å²) < 4.78 is 0. The van der Waals surface area contributed by atoms with Crippen molar-refractivity contribution in [1.29, 1.82) is 0 Å². The molecule has 2 atom stereocenters. The highest BCUT2D eigenvalue weighted by Gasteiger charge is 2.23. The summed E-state index contributed by atoms with van der Waals surface area (Å²) in [4.78, 5) is 0. The van der Waals surface area contributed by atoms with E-state index in [0.717, 1.165) is 12.3 Å². The van der Waals surface area contributed by atoms with Crippen molar-refractivity contribution in [3.63, 3.8) is 0 Å². The van der Waals surface area contributed by atoms with Gasteiger partial charge in [-0.25, -0.2) is 0 Å². The summed E-state index contributed by atoms with van der Waals surface area (Å²) in [7, 11) is 0. The zero-order valence-electron chi connectivity index (χ0n) is 11.5. The van der Waals surface area contributed by atoms with Gasteiger partial charge in [0.15, 0.2) is 0 Å². The van der Waals surface area contributed by atoms with Crippen molar-refractivity contribution in [3.05, 3.63) is 0 Å². The first-order chi connectivity index (χ1) is 6.91. The molecule has 0 heterocycles. The fourth-order valence-electron chi connectivity index (χ4n) is 2.68. The summed E-state index contributed by atoms with van der Waals surface area (Å²) in [5.74, 6) is 0.902. The molecule has 0 rings (SSSR count). The molecule has 0 saturated carbocycles. The average Bonchev–Trinajstić information content (AvgIpc) is 2.09. The van der Waals surface area contributed by atoms with E-state index in [0.29, 0.717) is 11.5 Å². The maximum Gasteiger partial charge on any atom is 0.00155 e. The Morgan fingerprint density at radius 3 is 2.13 bits per heavy atom. The van der Waals surface area contributed by atoms with Gasteiger partial charge in [0.25, 0.3) is 0 Å². The zero-order chi connectivity index (χ0) is 11.9. The molecule has 2 N–H and O–H groups in total. The Labute approximate surface area is 96.8 Å². The third-order valence-electron chi connectivity index (χ3n) is 3.26. The molecule has 0 aromatic rings. The van der Waals surface area contributed by atoms with Gasteiger partial charge in [-0.05, 0) is 31.1 Å². The lowest BCUT2D eigenvalue weighted by molar-refractivity contribution is 0.221. The first kappa shape index (κ1) is 15.0. The fourth-order valence-corrected chi connectivity index (χ4v) is 2.68. The van der Waals surface area contributed by atoms with E-state index in [2.05, 4.69) is 34.6 Å². The molecule has 0 spiro atoms. The van der Waals surface area contributed by atoms with Crippen LogP contribution in [0.4, 0.5) is 0 Å². The second-order valence-electron chi connectivity index (χ2n) is 5.97. The molecule has 0 saturated heterocycles. The Morgan fingerprint density at radius 1 is 1.13 bits per heavy atom. The molecule has 0 aliphatic carbocycles. The quantitative estimate of drug-likeness (QED) is 0.637. The molecular weight excluding hydrogens is 182 g/mol. The van der Waals surface area contributed by atoms with E-state index in [1.54, 1.807) is 0 Å². The minimum atomic E-state index is 0.337. The second kappa shape index (κ2) is 7.27. The molecule has 2 unspecified atom stereocenters. The predicted molar refractivity (Wildman–Crippen MR) is 70.0 cm³/mol. The topological polar surface area (TPSA) is 26.0 Å². The third-order valence-corrected chi connectivity index (χ3v) is 3.26. The van der Waals surface area contributed by atoms with Crippen LogP contribution in [0, 0.1) is 11.3 Å². The largest absolute Gasteiger partial charge is 0.328 e. The predicted octanol–water partition coefficient (Wildman–Crippen LogP) is 4.36. The van der Waals surface area contributed by atoms with Gasteiger partial charge in [-0.3, -0.25) is 0 Å². The lowest BCUT2D eigenvalue weighted by Crippen LogP contribution is -2.27. The van der Waals surface area contributed by atoms with Crippen LogP contribution in [-0.4, -0.2) is 6.04 Å². The van der Waals surface area contributed by atoms with E-state index in [4.69, 9.17) is 5.73 Å². The van der Waals surface area contributed by atoms with Gasteiger partial charge in [-0.15, -0.1) is 0 Å². The minimum Gasteiger partial charge on any atom is -0.328 e. The SMILES string of the molecule is CCCCC(CC)CC(C)(C)CC(C)N. The van der Waals surface area contributed by atoms with Crippen molar-refractivity contribution >= 4 is 0 Å². The van der Waals surface area contributed by atoms with Crippen LogP contribution in [0.1, 0.15) is 73.1 Å². The first-order valence-electron chi connectivity index (χ1n) is 6.66. The minimum absolute atomic E-state index is 0.337. The molecule has 0 amide bonds.